The second-order valence-electron chi connectivity index (χ2n) is 1.78. The van der Waals surface area contributed by atoms with Gasteiger partial charge in [-0.05, 0) is 0 Å². The van der Waals surface area contributed by atoms with Gasteiger partial charge in [0.25, 0.3) is 0 Å². The molecule has 0 rings (SSSR count). The summed E-state index contributed by atoms with van der Waals surface area (Å²) in [6.07, 6.45) is 3.08. The third-order valence-corrected chi connectivity index (χ3v) is 0.818. The summed E-state index contributed by atoms with van der Waals surface area (Å²) in [7, 11) is 0. The molecule has 0 N–H and O–H groups in total. The van der Waals surface area contributed by atoms with Gasteiger partial charge in [-0.25, -0.2) is 4.79 Å². The molecule has 0 spiro atoms. The average molecular weight is 180 g/mol. The minimum absolute atomic E-state index is 0. The van der Waals surface area contributed by atoms with Gasteiger partial charge >= 0.3 is 35.5 Å². The Morgan fingerprint density at radius 2 is 1.83 bits per heavy atom. The Kier molecular flexibility index (Phi) is 13.1. The number of esters is 1. The monoisotopic (exact) mass is 180 g/mol. The van der Waals surface area contributed by atoms with E-state index in [-0.39, 0.29) is 48.7 Å². The maximum atomic E-state index is 10.6. The fourth-order valence-corrected chi connectivity index (χ4v) is 0.419. The van der Waals surface area contributed by atoms with Gasteiger partial charge < -0.3 is 9.47 Å². The molecule has 0 aromatic rings. The molecule has 0 amide bonds. The Labute approximate surface area is 94.7 Å². The summed E-state index contributed by atoms with van der Waals surface area (Å²) in [5, 5.41) is 0. The van der Waals surface area contributed by atoms with Crippen LogP contribution in [0, 0.1) is 0 Å². The quantitative estimate of drug-likeness (QED) is 0.255. The zero-order chi connectivity index (χ0) is 8.53. The molecule has 3 nitrogen and oxygen atoms in total. The SMILES string of the molecule is C=CCOCC(=O)OCC=C.[NaH]. The van der Waals surface area contributed by atoms with Gasteiger partial charge in [-0.15, -0.1) is 6.58 Å². The Balaban J connectivity index is 0. The van der Waals surface area contributed by atoms with Gasteiger partial charge in [0.2, 0.25) is 0 Å². The standard InChI is InChI=1S/C8H12O3.Na.H/c1-3-5-10-7-8(9)11-6-4-2;;/h3-4H,1-2,5-7H2;;. The third-order valence-electron chi connectivity index (χ3n) is 0.818. The molecule has 4 heteroatoms. The van der Waals surface area contributed by atoms with Crippen molar-refractivity contribution >= 4 is 35.5 Å². The zero-order valence-electron chi connectivity index (χ0n) is 6.41. The van der Waals surface area contributed by atoms with Crippen molar-refractivity contribution in [3.05, 3.63) is 25.3 Å². The van der Waals surface area contributed by atoms with Gasteiger partial charge in [-0.3, -0.25) is 0 Å². The summed E-state index contributed by atoms with van der Waals surface area (Å²) in [5.41, 5.74) is 0. The van der Waals surface area contributed by atoms with E-state index in [0.717, 1.165) is 0 Å². The van der Waals surface area contributed by atoms with Crippen LogP contribution in [-0.4, -0.2) is 55.3 Å². The van der Waals surface area contributed by atoms with E-state index in [2.05, 4.69) is 17.9 Å². The van der Waals surface area contributed by atoms with Gasteiger partial charge in [-0.2, -0.15) is 0 Å². The first-order valence-electron chi connectivity index (χ1n) is 3.26. The van der Waals surface area contributed by atoms with Gasteiger partial charge in [0.1, 0.15) is 13.2 Å². The molecule has 0 atom stereocenters. The summed E-state index contributed by atoms with van der Waals surface area (Å²) in [6, 6.07) is 0. The van der Waals surface area contributed by atoms with Crippen molar-refractivity contribution < 1.29 is 14.3 Å². The predicted molar refractivity (Wildman–Crippen MR) is 49.3 cm³/mol. The van der Waals surface area contributed by atoms with Crippen LogP contribution in [0.25, 0.3) is 0 Å². The van der Waals surface area contributed by atoms with Crippen LogP contribution in [-0.2, 0) is 14.3 Å². The fourth-order valence-electron chi connectivity index (χ4n) is 0.419. The van der Waals surface area contributed by atoms with Gasteiger partial charge in [0.05, 0.1) is 6.61 Å². The summed E-state index contributed by atoms with van der Waals surface area (Å²) < 4.78 is 9.44. The minimum atomic E-state index is -0.383. The summed E-state index contributed by atoms with van der Waals surface area (Å²) >= 11 is 0. The molecule has 0 fully saturated rings. The summed E-state index contributed by atoms with van der Waals surface area (Å²) in [5.74, 6) is -0.383. The fraction of sp³-hybridized carbons (Fsp3) is 0.375. The molecule has 0 aliphatic carbocycles. The first-order chi connectivity index (χ1) is 5.31. The number of carbonyl (C=O) groups excluding carboxylic acids is 1. The van der Waals surface area contributed by atoms with E-state index in [0.29, 0.717) is 6.61 Å². The van der Waals surface area contributed by atoms with Crippen LogP contribution in [0.5, 0.6) is 0 Å². The Bertz CT molecular complexity index is 145. The number of carbonyl (C=O) groups is 1. The van der Waals surface area contributed by atoms with E-state index in [1.807, 2.05) is 0 Å². The van der Waals surface area contributed by atoms with Crippen LogP contribution >= 0.6 is 0 Å². The third kappa shape index (κ3) is 9.91. The van der Waals surface area contributed by atoms with Crippen molar-refractivity contribution in [2.24, 2.45) is 0 Å². The van der Waals surface area contributed by atoms with Crippen molar-refractivity contribution in [1.82, 2.24) is 0 Å². The van der Waals surface area contributed by atoms with Crippen molar-refractivity contribution in [2.75, 3.05) is 19.8 Å². The number of hydrogen-bond acceptors (Lipinski definition) is 3. The molecule has 0 radical (unpaired) electrons. The Hall–Kier alpha value is -0.0900. The van der Waals surface area contributed by atoms with Crippen molar-refractivity contribution in [2.45, 2.75) is 0 Å². The van der Waals surface area contributed by atoms with E-state index < -0.39 is 0 Å². The number of hydrogen-bond donors (Lipinski definition) is 0. The molecule has 0 aromatic heterocycles. The van der Waals surface area contributed by atoms with Gasteiger partial charge in [0, 0.05) is 0 Å². The second kappa shape index (κ2) is 10.9. The summed E-state index contributed by atoms with van der Waals surface area (Å²) in [4.78, 5) is 10.6. The first kappa shape index (κ1) is 14.4. The molecule has 64 valence electrons. The van der Waals surface area contributed by atoms with Crippen LogP contribution in [0.3, 0.4) is 0 Å². The first-order valence-corrected chi connectivity index (χ1v) is 3.26. The molecular weight excluding hydrogens is 167 g/mol. The van der Waals surface area contributed by atoms with Crippen LogP contribution in [0.2, 0.25) is 0 Å². The Morgan fingerprint density at radius 1 is 1.25 bits per heavy atom. The maximum absolute atomic E-state index is 10.6. The zero-order valence-corrected chi connectivity index (χ0v) is 6.41. The molecular formula is C8H13NaO3. The molecule has 0 aliphatic heterocycles. The number of ether oxygens (including phenoxy) is 2. The van der Waals surface area contributed by atoms with Crippen molar-refractivity contribution in [3.63, 3.8) is 0 Å². The van der Waals surface area contributed by atoms with Crippen molar-refractivity contribution in [3.8, 4) is 0 Å². The van der Waals surface area contributed by atoms with Crippen LogP contribution < -0.4 is 0 Å². The van der Waals surface area contributed by atoms with Crippen LogP contribution in [0.4, 0.5) is 0 Å². The summed E-state index contributed by atoms with van der Waals surface area (Å²) in [6.45, 7) is 7.39. The van der Waals surface area contributed by atoms with Crippen molar-refractivity contribution in [1.29, 1.82) is 0 Å². The molecule has 12 heavy (non-hydrogen) atoms. The molecule has 0 aromatic carbocycles. The normalized spacial score (nSPS) is 8.00. The Morgan fingerprint density at radius 3 is 2.33 bits per heavy atom. The van der Waals surface area contributed by atoms with Crippen LogP contribution in [0.1, 0.15) is 0 Å². The average Bonchev–Trinajstić information content (AvgIpc) is 2.01. The molecule has 0 bridgehead atoms. The van der Waals surface area contributed by atoms with E-state index in [4.69, 9.17) is 4.74 Å². The van der Waals surface area contributed by atoms with E-state index in [1.54, 1.807) is 6.08 Å². The van der Waals surface area contributed by atoms with Gasteiger partial charge in [-0.1, -0.05) is 18.7 Å². The molecule has 0 heterocycles. The van der Waals surface area contributed by atoms with E-state index in [1.165, 1.54) is 6.08 Å². The second-order valence-corrected chi connectivity index (χ2v) is 1.78. The molecule has 0 aliphatic rings. The van der Waals surface area contributed by atoms with Gasteiger partial charge in [0.15, 0.2) is 0 Å². The molecule has 0 saturated heterocycles. The molecule has 0 saturated carbocycles. The predicted octanol–water partition coefficient (Wildman–Crippen LogP) is 0.270. The van der Waals surface area contributed by atoms with Crippen LogP contribution in [0.15, 0.2) is 25.3 Å². The number of rotatable bonds is 6. The topological polar surface area (TPSA) is 35.5 Å². The molecule has 0 unspecified atom stereocenters. The van der Waals surface area contributed by atoms with E-state index in [9.17, 15) is 4.79 Å². The van der Waals surface area contributed by atoms with E-state index >= 15 is 0 Å².